The Labute approximate surface area is 148 Å². The molecule has 0 saturated carbocycles. The Hall–Kier alpha value is -1.45. The van der Waals surface area contributed by atoms with Gasteiger partial charge in [0.25, 0.3) is 0 Å². The molecule has 0 unspecified atom stereocenters. The molecule has 0 spiro atoms. The number of nitrogens with zero attached hydrogens (tertiary/aromatic N) is 4. The van der Waals surface area contributed by atoms with Crippen molar-refractivity contribution in [1.82, 2.24) is 19.3 Å². The van der Waals surface area contributed by atoms with E-state index in [0.29, 0.717) is 44.2 Å². The Balaban J connectivity index is 1.57. The minimum Gasteiger partial charge on any atom is -0.360 e. The minimum absolute atomic E-state index is 0.154. The van der Waals surface area contributed by atoms with Crippen molar-refractivity contribution in [2.75, 3.05) is 45.8 Å². The van der Waals surface area contributed by atoms with Gasteiger partial charge in [0.05, 0.1) is 6.54 Å². The number of piperazine rings is 1. The summed E-state index contributed by atoms with van der Waals surface area (Å²) in [5, 5.41) is 3.74. The molecule has 2 aliphatic heterocycles. The van der Waals surface area contributed by atoms with Crippen LogP contribution in [0.25, 0.3) is 0 Å². The second kappa shape index (κ2) is 7.43. The molecule has 2 fully saturated rings. The van der Waals surface area contributed by atoms with E-state index >= 15 is 0 Å². The average Bonchev–Trinajstić information content (AvgIpc) is 2.95. The van der Waals surface area contributed by atoms with Crippen molar-refractivity contribution in [1.29, 1.82) is 0 Å². The van der Waals surface area contributed by atoms with E-state index in [4.69, 9.17) is 4.52 Å². The highest BCUT2D eigenvalue weighted by atomic mass is 32.2. The van der Waals surface area contributed by atoms with E-state index in [1.54, 1.807) is 13.8 Å². The highest BCUT2D eigenvalue weighted by Crippen LogP contribution is 2.24. The molecule has 8 nitrogen and oxygen atoms in total. The van der Waals surface area contributed by atoms with Gasteiger partial charge in [0.1, 0.15) is 10.6 Å². The maximum absolute atomic E-state index is 12.8. The molecule has 2 aliphatic rings. The Kier molecular flexibility index (Phi) is 5.45. The van der Waals surface area contributed by atoms with Crippen molar-refractivity contribution in [2.45, 2.75) is 38.0 Å². The SMILES string of the molecule is Cc1noc(C)c1S(=O)(=O)N1CCN(CC(=O)N2CCCCC2)CC1. The summed E-state index contributed by atoms with van der Waals surface area (Å²) in [6, 6.07) is 0. The van der Waals surface area contributed by atoms with Crippen LogP contribution in [0.3, 0.4) is 0 Å². The molecule has 25 heavy (non-hydrogen) atoms. The second-order valence-corrected chi connectivity index (χ2v) is 8.65. The minimum atomic E-state index is -3.60. The van der Waals surface area contributed by atoms with Gasteiger partial charge in [-0.05, 0) is 33.1 Å². The van der Waals surface area contributed by atoms with E-state index in [1.165, 1.54) is 10.7 Å². The highest BCUT2D eigenvalue weighted by molar-refractivity contribution is 7.89. The number of carbonyl (C=O) groups is 1. The van der Waals surface area contributed by atoms with Crippen LogP contribution in [0.5, 0.6) is 0 Å². The first-order valence-corrected chi connectivity index (χ1v) is 10.3. The number of piperidine rings is 1. The molecule has 0 aliphatic carbocycles. The van der Waals surface area contributed by atoms with Crippen LogP contribution in [-0.2, 0) is 14.8 Å². The zero-order chi connectivity index (χ0) is 18.0. The Morgan fingerprint density at radius 3 is 2.24 bits per heavy atom. The lowest BCUT2D eigenvalue weighted by molar-refractivity contribution is -0.133. The van der Waals surface area contributed by atoms with Crippen molar-refractivity contribution < 1.29 is 17.7 Å². The fraction of sp³-hybridized carbons (Fsp3) is 0.750. The van der Waals surface area contributed by atoms with Gasteiger partial charge in [-0.15, -0.1) is 0 Å². The molecule has 2 saturated heterocycles. The predicted molar refractivity (Wildman–Crippen MR) is 91.6 cm³/mol. The number of amides is 1. The molecule has 1 aromatic rings. The molecule has 0 bridgehead atoms. The van der Waals surface area contributed by atoms with Crippen LogP contribution >= 0.6 is 0 Å². The average molecular weight is 370 g/mol. The molecule has 140 valence electrons. The van der Waals surface area contributed by atoms with Gasteiger partial charge < -0.3 is 9.42 Å². The van der Waals surface area contributed by atoms with Crippen LogP contribution in [0.15, 0.2) is 9.42 Å². The van der Waals surface area contributed by atoms with Gasteiger partial charge in [0, 0.05) is 39.3 Å². The third kappa shape index (κ3) is 3.88. The van der Waals surface area contributed by atoms with Crippen LogP contribution in [0.1, 0.15) is 30.7 Å². The Bertz CT molecular complexity index is 697. The number of aryl methyl sites for hydroxylation is 2. The number of aromatic nitrogens is 1. The normalized spacial score (nSPS) is 20.8. The van der Waals surface area contributed by atoms with E-state index < -0.39 is 10.0 Å². The van der Waals surface area contributed by atoms with Crippen LogP contribution < -0.4 is 0 Å². The standard InChI is InChI=1S/C16H26N4O4S/c1-13-16(14(2)24-17-13)25(22,23)20-10-8-18(9-11-20)12-15(21)19-6-4-3-5-7-19/h3-12H2,1-2H3. The summed E-state index contributed by atoms with van der Waals surface area (Å²) in [7, 11) is -3.60. The van der Waals surface area contributed by atoms with Crippen LogP contribution in [0, 0.1) is 13.8 Å². The zero-order valence-electron chi connectivity index (χ0n) is 14.9. The Morgan fingerprint density at radius 2 is 1.68 bits per heavy atom. The first kappa shape index (κ1) is 18.3. The van der Waals surface area contributed by atoms with Crippen LogP contribution in [0.2, 0.25) is 0 Å². The van der Waals surface area contributed by atoms with E-state index in [1.807, 2.05) is 9.80 Å². The van der Waals surface area contributed by atoms with E-state index in [0.717, 1.165) is 25.9 Å². The summed E-state index contributed by atoms with van der Waals surface area (Å²) in [5.41, 5.74) is 0.389. The smallest absolute Gasteiger partial charge is 0.248 e. The van der Waals surface area contributed by atoms with Crippen molar-refractivity contribution >= 4 is 15.9 Å². The topological polar surface area (TPSA) is 87.0 Å². The first-order chi connectivity index (χ1) is 11.9. The van der Waals surface area contributed by atoms with E-state index in [-0.39, 0.29) is 10.8 Å². The summed E-state index contributed by atoms with van der Waals surface area (Å²) in [6.45, 7) is 7.18. The maximum atomic E-state index is 12.8. The largest absolute Gasteiger partial charge is 0.360 e. The molecule has 3 heterocycles. The summed E-state index contributed by atoms with van der Waals surface area (Å²) in [6.07, 6.45) is 3.35. The van der Waals surface area contributed by atoms with Gasteiger partial charge in [0.2, 0.25) is 15.9 Å². The fourth-order valence-electron chi connectivity index (χ4n) is 3.53. The summed E-state index contributed by atoms with van der Waals surface area (Å²) < 4.78 is 32.1. The van der Waals surface area contributed by atoms with Gasteiger partial charge in [-0.2, -0.15) is 4.31 Å². The lowest BCUT2D eigenvalue weighted by Gasteiger charge is -2.35. The van der Waals surface area contributed by atoms with Crippen molar-refractivity contribution in [3.8, 4) is 0 Å². The molecule has 0 aromatic carbocycles. The molecule has 1 amide bonds. The molecule has 0 N–H and O–H groups in total. The molecule has 1 aromatic heterocycles. The van der Waals surface area contributed by atoms with Crippen molar-refractivity contribution in [3.05, 3.63) is 11.5 Å². The molecule has 0 atom stereocenters. The first-order valence-electron chi connectivity index (χ1n) is 8.83. The number of hydrogen-bond donors (Lipinski definition) is 0. The molecular weight excluding hydrogens is 344 g/mol. The quantitative estimate of drug-likeness (QED) is 0.772. The fourth-order valence-corrected chi connectivity index (χ4v) is 5.25. The lowest BCUT2D eigenvalue weighted by Crippen LogP contribution is -2.52. The van der Waals surface area contributed by atoms with Gasteiger partial charge in [0.15, 0.2) is 5.76 Å². The number of likely N-dealkylation sites (tertiary alicyclic amines) is 1. The Morgan fingerprint density at radius 1 is 1.04 bits per heavy atom. The third-order valence-electron chi connectivity index (χ3n) is 4.96. The number of carbonyl (C=O) groups excluding carboxylic acids is 1. The monoisotopic (exact) mass is 370 g/mol. The van der Waals surface area contributed by atoms with Gasteiger partial charge >= 0.3 is 0 Å². The maximum Gasteiger partial charge on any atom is 0.248 e. The number of hydrogen-bond acceptors (Lipinski definition) is 6. The van der Waals surface area contributed by atoms with E-state index in [2.05, 4.69) is 5.16 Å². The van der Waals surface area contributed by atoms with Gasteiger partial charge in [-0.25, -0.2) is 8.42 Å². The highest BCUT2D eigenvalue weighted by Gasteiger charge is 2.33. The molecule has 9 heteroatoms. The summed E-state index contributed by atoms with van der Waals surface area (Å²) >= 11 is 0. The predicted octanol–water partition coefficient (Wildman–Crippen LogP) is 0.610. The number of sulfonamides is 1. The van der Waals surface area contributed by atoms with E-state index in [9.17, 15) is 13.2 Å². The third-order valence-corrected chi connectivity index (χ3v) is 7.11. The molecular formula is C16H26N4O4S. The van der Waals surface area contributed by atoms with Crippen molar-refractivity contribution in [3.63, 3.8) is 0 Å². The van der Waals surface area contributed by atoms with Crippen molar-refractivity contribution in [2.24, 2.45) is 0 Å². The molecule has 0 radical (unpaired) electrons. The number of rotatable bonds is 4. The molecule has 3 rings (SSSR count). The summed E-state index contributed by atoms with van der Waals surface area (Å²) in [5.74, 6) is 0.474. The van der Waals surface area contributed by atoms with Gasteiger partial charge in [-0.3, -0.25) is 9.69 Å². The lowest BCUT2D eigenvalue weighted by atomic mass is 10.1. The van der Waals surface area contributed by atoms with Gasteiger partial charge in [-0.1, -0.05) is 5.16 Å². The zero-order valence-corrected chi connectivity index (χ0v) is 15.7. The second-order valence-electron chi connectivity index (χ2n) is 6.77. The van der Waals surface area contributed by atoms with Crippen LogP contribution in [0.4, 0.5) is 0 Å². The summed E-state index contributed by atoms with van der Waals surface area (Å²) in [4.78, 5) is 16.5. The van der Waals surface area contributed by atoms with Crippen LogP contribution in [-0.4, -0.2) is 79.4 Å².